The molecule has 0 saturated carbocycles. The van der Waals surface area contributed by atoms with Crippen LogP contribution in [0, 0.1) is 0 Å². The van der Waals surface area contributed by atoms with Crippen molar-refractivity contribution in [2.75, 3.05) is 0 Å². The molecule has 1 heterocycles. The summed E-state index contributed by atoms with van der Waals surface area (Å²) in [5.74, 6) is -0.0406. The predicted molar refractivity (Wildman–Crippen MR) is 82.3 cm³/mol. The van der Waals surface area contributed by atoms with Gasteiger partial charge in [-0.3, -0.25) is 4.79 Å². The molecule has 18 heavy (non-hydrogen) atoms. The van der Waals surface area contributed by atoms with Crippen LogP contribution < -0.4 is 5.32 Å². The summed E-state index contributed by atoms with van der Waals surface area (Å²) >= 11 is 8.28. The average molecular weight is 389 g/mol. The second kappa shape index (κ2) is 6.50. The fraction of sp³-hybridized carbons (Fsp3) is 0.154. The molecular weight excluding hydrogens is 378 g/mol. The first-order valence-corrected chi connectivity index (χ1v) is 8.14. The largest absolute Gasteiger partial charge is 0.348 e. The first-order chi connectivity index (χ1) is 8.69. The molecule has 0 saturated heterocycles. The van der Waals surface area contributed by atoms with Crippen LogP contribution in [0.2, 0.25) is 0 Å². The zero-order valence-corrected chi connectivity index (χ0v) is 13.4. The van der Waals surface area contributed by atoms with E-state index >= 15 is 0 Å². The van der Waals surface area contributed by atoms with Crippen molar-refractivity contribution in [3.8, 4) is 0 Å². The SMILES string of the molecule is O=C(NCc1cccc(CBr)c1)c1csc(Br)c1. The van der Waals surface area contributed by atoms with Crippen molar-refractivity contribution in [3.63, 3.8) is 0 Å². The zero-order valence-electron chi connectivity index (χ0n) is 9.45. The van der Waals surface area contributed by atoms with Crippen LogP contribution in [-0.2, 0) is 11.9 Å². The third-order valence-corrected chi connectivity index (χ3v) is 4.58. The van der Waals surface area contributed by atoms with Crippen LogP contribution in [-0.4, -0.2) is 5.91 Å². The van der Waals surface area contributed by atoms with Gasteiger partial charge < -0.3 is 5.32 Å². The lowest BCUT2D eigenvalue weighted by molar-refractivity contribution is 0.0951. The molecule has 2 nitrogen and oxygen atoms in total. The highest BCUT2D eigenvalue weighted by atomic mass is 79.9. The van der Waals surface area contributed by atoms with Gasteiger partial charge in [-0.05, 0) is 33.1 Å². The summed E-state index contributed by atoms with van der Waals surface area (Å²) in [6, 6.07) is 9.97. The molecule has 94 valence electrons. The Kier molecular flexibility index (Phi) is 4.97. The Morgan fingerprint density at radius 2 is 2.06 bits per heavy atom. The highest BCUT2D eigenvalue weighted by molar-refractivity contribution is 9.11. The van der Waals surface area contributed by atoms with Gasteiger partial charge in [-0.1, -0.05) is 40.2 Å². The van der Waals surface area contributed by atoms with Gasteiger partial charge in [0.25, 0.3) is 5.91 Å². The van der Waals surface area contributed by atoms with E-state index in [2.05, 4.69) is 49.3 Å². The molecule has 0 radical (unpaired) electrons. The lowest BCUT2D eigenvalue weighted by Gasteiger charge is -2.05. The van der Waals surface area contributed by atoms with Crippen molar-refractivity contribution in [3.05, 3.63) is 56.2 Å². The molecular formula is C13H11Br2NOS. The number of carbonyl (C=O) groups is 1. The van der Waals surface area contributed by atoms with E-state index in [0.717, 1.165) is 14.7 Å². The molecule has 5 heteroatoms. The molecule has 0 fully saturated rings. The van der Waals surface area contributed by atoms with Gasteiger partial charge in [0, 0.05) is 17.3 Å². The van der Waals surface area contributed by atoms with E-state index in [4.69, 9.17) is 0 Å². The van der Waals surface area contributed by atoms with E-state index < -0.39 is 0 Å². The van der Waals surface area contributed by atoms with Gasteiger partial charge in [0.1, 0.15) is 0 Å². The van der Waals surface area contributed by atoms with Gasteiger partial charge in [0.2, 0.25) is 0 Å². The molecule has 1 amide bonds. The van der Waals surface area contributed by atoms with E-state index in [1.165, 1.54) is 16.9 Å². The minimum atomic E-state index is -0.0406. The van der Waals surface area contributed by atoms with E-state index in [1.807, 2.05) is 23.6 Å². The summed E-state index contributed by atoms with van der Waals surface area (Å²) in [6.45, 7) is 0.549. The molecule has 2 rings (SSSR count). The van der Waals surface area contributed by atoms with Gasteiger partial charge in [-0.25, -0.2) is 0 Å². The van der Waals surface area contributed by atoms with Crippen LogP contribution in [0.15, 0.2) is 39.5 Å². The quantitative estimate of drug-likeness (QED) is 0.775. The number of halogens is 2. The minimum Gasteiger partial charge on any atom is -0.348 e. The number of nitrogens with one attached hydrogen (secondary N) is 1. The Bertz CT molecular complexity index is 553. The molecule has 1 aromatic heterocycles. The van der Waals surface area contributed by atoms with Crippen LogP contribution in [0.3, 0.4) is 0 Å². The molecule has 0 bridgehead atoms. The van der Waals surface area contributed by atoms with Crippen LogP contribution >= 0.6 is 43.2 Å². The number of amides is 1. The maximum atomic E-state index is 11.9. The number of benzene rings is 1. The number of rotatable bonds is 4. The van der Waals surface area contributed by atoms with Crippen molar-refractivity contribution in [1.29, 1.82) is 0 Å². The fourth-order valence-corrected chi connectivity index (χ4v) is 3.02. The monoisotopic (exact) mass is 387 g/mol. The molecule has 0 aliphatic rings. The van der Waals surface area contributed by atoms with E-state index in [-0.39, 0.29) is 5.91 Å². The number of thiophene rings is 1. The zero-order chi connectivity index (χ0) is 13.0. The van der Waals surface area contributed by atoms with Crippen molar-refractivity contribution in [2.24, 2.45) is 0 Å². The number of carbonyl (C=O) groups excluding carboxylic acids is 1. The van der Waals surface area contributed by atoms with E-state index in [1.54, 1.807) is 0 Å². The first kappa shape index (κ1) is 13.8. The molecule has 0 aliphatic carbocycles. The molecule has 0 unspecified atom stereocenters. The fourth-order valence-electron chi connectivity index (χ4n) is 1.54. The van der Waals surface area contributed by atoms with Gasteiger partial charge in [-0.2, -0.15) is 0 Å². The molecule has 1 N–H and O–H groups in total. The second-order valence-electron chi connectivity index (χ2n) is 3.78. The molecule has 0 atom stereocenters. The minimum absolute atomic E-state index is 0.0406. The number of hydrogen-bond acceptors (Lipinski definition) is 2. The van der Waals surface area contributed by atoms with Crippen LogP contribution in [0.25, 0.3) is 0 Å². The molecule has 0 spiro atoms. The molecule has 1 aromatic carbocycles. The van der Waals surface area contributed by atoms with E-state index in [0.29, 0.717) is 12.1 Å². The normalized spacial score (nSPS) is 10.3. The second-order valence-corrected chi connectivity index (χ2v) is 6.63. The number of hydrogen-bond donors (Lipinski definition) is 1. The Labute approximate surface area is 127 Å². The highest BCUT2D eigenvalue weighted by Crippen LogP contribution is 2.20. The standard InChI is InChI=1S/C13H11Br2NOS/c14-6-9-2-1-3-10(4-9)7-16-13(17)11-5-12(15)18-8-11/h1-5,8H,6-7H2,(H,16,17). The lowest BCUT2D eigenvalue weighted by atomic mass is 10.1. The predicted octanol–water partition coefficient (Wildman–Crippen LogP) is 4.34. The summed E-state index contributed by atoms with van der Waals surface area (Å²) in [7, 11) is 0. The van der Waals surface area contributed by atoms with Crippen LogP contribution in [0.5, 0.6) is 0 Å². The van der Waals surface area contributed by atoms with Gasteiger partial charge in [0.05, 0.1) is 9.35 Å². The lowest BCUT2D eigenvalue weighted by Crippen LogP contribution is -2.22. The molecule has 0 aliphatic heterocycles. The van der Waals surface area contributed by atoms with Crippen molar-refractivity contribution >= 4 is 49.1 Å². The van der Waals surface area contributed by atoms with Crippen molar-refractivity contribution < 1.29 is 4.79 Å². The van der Waals surface area contributed by atoms with Crippen molar-refractivity contribution in [1.82, 2.24) is 5.32 Å². The highest BCUT2D eigenvalue weighted by Gasteiger charge is 2.07. The maximum absolute atomic E-state index is 11.9. The Hall–Kier alpha value is -0.650. The number of alkyl halides is 1. The third-order valence-electron chi connectivity index (χ3n) is 2.43. The van der Waals surface area contributed by atoms with Gasteiger partial charge in [-0.15, -0.1) is 11.3 Å². The van der Waals surface area contributed by atoms with Gasteiger partial charge in [0.15, 0.2) is 0 Å². The summed E-state index contributed by atoms with van der Waals surface area (Å²) in [4.78, 5) is 11.9. The maximum Gasteiger partial charge on any atom is 0.252 e. The Balaban J connectivity index is 1.97. The van der Waals surface area contributed by atoms with E-state index in [9.17, 15) is 4.79 Å². The first-order valence-electron chi connectivity index (χ1n) is 5.35. The smallest absolute Gasteiger partial charge is 0.252 e. The summed E-state index contributed by atoms with van der Waals surface area (Å²) in [5.41, 5.74) is 3.01. The summed E-state index contributed by atoms with van der Waals surface area (Å²) < 4.78 is 0.967. The summed E-state index contributed by atoms with van der Waals surface area (Å²) in [6.07, 6.45) is 0. The van der Waals surface area contributed by atoms with Gasteiger partial charge >= 0.3 is 0 Å². The average Bonchev–Trinajstić information content (AvgIpc) is 2.83. The van der Waals surface area contributed by atoms with Crippen LogP contribution in [0.4, 0.5) is 0 Å². The Morgan fingerprint density at radius 3 is 2.72 bits per heavy atom. The third kappa shape index (κ3) is 3.67. The van der Waals surface area contributed by atoms with Crippen LogP contribution in [0.1, 0.15) is 21.5 Å². The Morgan fingerprint density at radius 1 is 1.28 bits per heavy atom. The summed E-state index contributed by atoms with van der Waals surface area (Å²) in [5, 5.41) is 5.58. The van der Waals surface area contributed by atoms with Crippen molar-refractivity contribution in [2.45, 2.75) is 11.9 Å². The topological polar surface area (TPSA) is 29.1 Å². The molecule has 2 aromatic rings.